The Morgan fingerprint density at radius 2 is 2.04 bits per heavy atom. The van der Waals surface area contributed by atoms with E-state index >= 15 is 0 Å². The number of amides is 1. The molecule has 9 heteroatoms. The highest BCUT2D eigenvalue weighted by atomic mass is 32.1. The van der Waals surface area contributed by atoms with Crippen molar-refractivity contribution in [1.82, 2.24) is 10.2 Å². The van der Waals surface area contributed by atoms with Crippen molar-refractivity contribution in [2.24, 2.45) is 0 Å². The normalized spacial score (nSPS) is 14.4. The monoisotopic (exact) mass is 334 g/mol. The zero-order valence-electron chi connectivity index (χ0n) is 12.2. The number of nitrogens with zero attached hydrogens (tertiary/aromatic N) is 2. The molecule has 0 atom stereocenters. The minimum Gasteiger partial charge on any atom is -0.360 e. The molecule has 1 fully saturated rings. The molecule has 1 aliphatic heterocycles. The number of carbonyl (C=O) groups excluding carboxylic acids is 2. The Balaban J connectivity index is 2.15. The Kier molecular flexibility index (Phi) is 5.02. The van der Waals surface area contributed by atoms with E-state index in [1.807, 2.05) is 0 Å². The first-order valence-electron chi connectivity index (χ1n) is 6.71. The Morgan fingerprint density at radius 3 is 2.52 bits per heavy atom. The first kappa shape index (κ1) is 16.6. The lowest BCUT2D eigenvalue weighted by molar-refractivity contribution is -0.384. The molecular formula is C14H14N4O4S. The van der Waals surface area contributed by atoms with Crippen molar-refractivity contribution in [2.75, 3.05) is 18.4 Å². The van der Waals surface area contributed by atoms with Crippen molar-refractivity contribution in [1.29, 1.82) is 0 Å². The molecule has 1 saturated heterocycles. The van der Waals surface area contributed by atoms with Gasteiger partial charge in [-0.05, 0) is 31.3 Å². The molecule has 1 aromatic carbocycles. The summed E-state index contributed by atoms with van der Waals surface area (Å²) in [7, 11) is 0. The summed E-state index contributed by atoms with van der Waals surface area (Å²) < 4.78 is 0. The number of hydrogen-bond acceptors (Lipinski definition) is 5. The van der Waals surface area contributed by atoms with Crippen molar-refractivity contribution >= 4 is 40.4 Å². The van der Waals surface area contributed by atoms with Gasteiger partial charge in [-0.3, -0.25) is 19.7 Å². The van der Waals surface area contributed by atoms with Crippen LogP contribution in [0.3, 0.4) is 0 Å². The van der Waals surface area contributed by atoms with Crippen LogP contribution in [0.25, 0.3) is 0 Å². The van der Waals surface area contributed by atoms with Gasteiger partial charge in [0.2, 0.25) is 0 Å². The second kappa shape index (κ2) is 6.97. The number of hydrogen-bond donors (Lipinski definition) is 2. The van der Waals surface area contributed by atoms with E-state index in [0.717, 1.165) is 0 Å². The zero-order chi connectivity index (χ0) is 17.0. The molecule has 23 heavy (non-hydrogen) atoms. The molecule has 1 aliphatic rings. The molecule has 120 valence electrons. The first-order valence-corrected chi connectivity index (χ1v) is 7.12. The van der Waals surface area contributed by atoms with Crippen molar-refractivity contribution in [3.8, 4) is 0 Å². The third kappa shape index (κ3) is 4.10. The van der Waals surface area contributed by atoms with Gasteiger partial charge in [-0.15, -0.1) is 0 Å². The largest absolute Gasteiger partial charge is 0.360 e. The van der Waals surface area contributed by atoms with Gasteiger partial charge in [0.1, 0.15) is 0 Å². The van der Waals surface area contributed by atoms with Crippen molar-refractivity contribution < 1.29 is 14.5 Å². The number of benzene rings is 1. The molecule has 1 heterocycles. The number of Topliss-reactive ketones (excluding diaryl/α,β-unsaturated/α-hetero) is 1. The average molecular weight is 334 g/mol. The SMILES string of the molecule is CC(=O)/C(=C/N1CCNC1=S)C(=O)Nc1ccc([N+](=O)[O-])cc1. The molecule has 8 nitrogen and oxygen atoms in total. The lowest BCUT2D eigenvalue weighted by Crippen LogP contribution is -2.27. The zero-order valence-corrected chi connectivity index (χ0v) is 13.1. The quantitative estimate of drug-likeness (QED) is 0.208. The topological polar surface area (TPSA) is 105 Å². The van der Waals surface area contributed by atoms with Crippen LogP contribution in [0, 0.1) is 10.1 Å². The number of nitro benzene ring substituents is 1. The maximum atomic E-state index is 12.2. The molecule has 1 amide bonds. The summed E-state index contributed by atoms with van der Waals surface area (Å²) in [6, 6.07) is 5.34. The van der Waals surface area contributed by atoms with E-state index < -0.39 is 16.6 Å². The minimum atomic E-state index is -0.596. The number of nitrogens with one attached hydrogen (secondary N) is 2. The third-order valence-electron chi connectivity index (χ3n) is 3.13. The predicted octanol–water partition coefficient (Wildman–Crippen LogP) is 1.20. The highest BCUT2D eigenvalue weighted by Crippen LogP contribution is 2.16. The van der Waals surface area contributed by atoms with Crippen molar-refractivity contribution in [3.63, 3.8) is 0 Å². The maximum absolute atomic E-state index is 12.2. The molecule has 2 N–H and O–H groups in total. The van der Waals surface area contributed by atoms with E-state index in [0.29, 0.717) is 23.9 Å². The van der Waals surface area contributed by atoms with E-state index in [-0.39, 0.29) is 11.3 Å². The van der Waals surface area contributed by atoms with Crippen LogP contribution in [0.1, 0.15) is 6.92 Å². The van der Waals surface area contributed by atoms with Crippen LogP contribution in [0.2, 0.25) is 0 Å². The lowest BCUT2D eigenvalue weighted by atomic mass is 10.1. The molecule has 0 aliphatic carbocycles. The number of thiocarbonyl (C=S) groups is 1. The number of rotatable bonds is 5. The smallest absolute Gasteiger partial charge is 0.269 e. The van der Waals surface area contributed by atoms with Gasteiger partial charge < -0.3 is 15.5 Å². The van der Waals surface area contributed by atoms with Gasteiger partial charge in [-0.1, -0.05) is 0 Å². The summed E-state index contributed by atoms with van der Waals surface area (Å²) in [5.74, 6) is -1.000. The highest BCUT2D eigenvalue weighted by Gasteiger charge is 2.20. The fraction of sp³-hybridized carbons (Fsp3) is 0.214. The number of anilines is 1. The molecule has 0 bridgehead atoms. The van der Waals surface area contributed by atoms with Gasteiger partial charge in [0.05, 0.1) is 10.5 Å². The summed E-state index contributed by atoms with van der Waals surface area (Å²) in [6.07, 6.45) is 1.41. The Hall–Kier alpha value is -2.81. The van der Waals surface area contributed by atoms with Crippen LogP contribution >= 0.6 is 12.2 Å². The van der Waals surface area contributed by atoms with E-state index in [1.54, 1.807) is 4.90 Å². The van der Waals surface area contributed by atoms with Crippen LogP contribution in [-0.4, -0.2) is 39.7 Å². The fourth-order valence-corrected chi connectivity index (χ4v) is 2.19. The fourth-order valence-electron chi connectivity index (χ4n) is 1.94. The molecule has 0 aromatic heterocycles. The summed E-state index contributed by atoms with van der Waals surface area (Å²) in [4.78, 5) is 35.6. The number of ketones is 1. The second-order valence-corrected chi connectivity index (χ2v) is 5.17. The molecule has 0 radical (unpaired) electrons. The van der Waals surface area contributed by atoms with Crippen LogP contribution in [-0.2, 0) is 9.59 Å². The molecular weight excluding hydrogens is 320 g/mol. The first-order chi connectivity index (χ1) is 10.9. The molecule has 0 spiro atoms. The summed E-state index contributed by atoms with van der Waals surface area (Å²) in [6.45, 7) is 2.50. The van der Waals surface area contributed by atoms with Crippen LogP contribution < -0.4 is 10.6 Å². The Morgan fingerprint density at radius 1 is 1.39 bits per heavy atom. The Bertz CT molecular complexity index is 699. The van der Waals surface area contributed by atoms with Crippen LogP contribution in [0.5, 0.6) is 0 Å². The predicted molar refractivity (Wildman–Crippen MR) is 87.8 cm³/mol. The highest BCUT2D eigenvalue weighted by molar-refractivity contribution is 7.80. The van der Waals surface area contributed by atoms with Crippen LogP contribution in [0.15, 0.2) is 36.0 Å². The maximum Gasteiger partial charge on any atom is 0.269 e. The van der Waals surface area contributed by atoms with Gasteiger partial charge in [-0.25, -0.2) is 0 Å². The van der Waals surface area contributed by atoms with Gasteiger partial charge in [0.15, 0.2) is 10.9 Å². The van der Waals surface area contributed by atoms with Gasteiger partial charge in [-0.2, -0.15) is 0 Å². The van der Waals surface area contributed by atoms with Crippen molar-refractivity contribution in [3.05, 3.63) is 46.2 Å². The standard InChI is InChI=1S/C14H14N4O4S/c1-9(19)12(8-17-7-6-15-14(17)23)13(20)16-10-2-4-11(5-3-10)18(21)22/h2-5,8H,6-7H2,1H3,(H,15,23)(H,16,20)/b12-8-. The van der Waals surface area contributed by atoms with E-state index in [2.05, 4.69) is 10.6 Å². The van der Waals surface area contributed by atoms with Crippen molar-refractivity contribution in [2.45, 2.75) is 6.92 Å². The second-order valence-electron chi connectivity index (χ2n) is 4.78. The van der Waals surface area contributed by atoms with E-state index in [9.17, 15) is 19.7 Å². The molecule has 0 saturated carbocycles. The van der Waals surface area contributed by atoms with Gasteiger partial charge in [0.25, 0.3) is 11.6 Å². The summed E-state index contributed by atoms with van der Waals surface area (Å²) in [5, 5.41) is 16.5. The number of carbonyl (C=O) groups is 2. The minimum absolute atomic E-state index is 0.0468. The van der Waals surface area contributed by atoms with Gasteiger partial charge in [0, 0.05) is 37.1 Å². The van der Waals surface area contributed by atoms with E-state index in [1.165, 1.54) is 37.4 Å². The molecule has 1 aromatic rings. The van der Waals surface area contributed by atoms with Gasteiger partial charge >= 0.3 is 0 Å². The average Bonchev–Trinajstić information content (AvgIpc) is 2.90. The lowest BCUT2D eigenvalue weighted by Gasteiger charge is -2.13. The number of nitro groups is 1. The molecule has 0 unspecified atom stereocenters. The summed E-state index contributed by atoms with van der Waals surface area (Å²) >= 11 is 5.06. The van der Waals surface area contributed by atoms with E-state index in [4.69, 9.17) is 12.2 Å². The molecule has 2 rings (SSSR count). The number of non-ortho nitro benzene ring substituents is 1. The summed E-state index contributed by atoms with van der Waals surface area (Å²) in [5.41, 5.74) is 0.225. The van der Waals surface area contributed by atoms with Crippen LogP contribution in [0.4, 0.5) is 11.4 Å². The Labute approximate surface area is 137 Å². The third-order valence-corrected chi connectivity index (χ3v) is 3.51.